The van der Waals surface area contributed by atoms with Crippen molar-refractivity contribution in [2.75, 3.05) is 20.1 Å². The van der Waals surface area contributed by atoms with Crippen LogP contribution in [0.25, 0.3) is 0 Å². The Bertz CT molecular complexity index is 318. The summed E-state index contributed by atoms with van der Waals surface area (Å²) in [5.74, 6) is -1.62. The van der Waals surface area contributed by atoms with Crippen molar-refractivity contribution in [1.29, 1.82) is 0 Å². The molecule has 2 unspecified atom stereocenters. The number of aliphatic carboxylic acids is 1. The standard InChI is InChI=1S/C9H15N3O4/c1-5(8(14)10-2)12-4-7(13)11-3-6(12)9(15)16/h5-6H,3-4H2,1-2H3,(H,10,14)(H,11,13)(H,15,16). The Morgan fingerprint density at radius 3 is 2.75 bits per heavy atom. The van der Waals surface area contributed by atoms with Crippen LogP contribution in [0.5, 0.6) is 0 Å². The highest BCUT2D eigenvalue weighted by Crippen LogP contribution is 2.09. The van der Waals surface area contributed by atoms with E-state index in [1.807, 2.05) is 0 Å². The average Bonchev–Trinajstić information content (AvgIpc) is 2.26. The number of nitrogens with one attached hydrogen (secondary N) is 2. The maximum atomic E-state index is 11.4. The maximum absolute atomic E-state index is 11.4. The minimum Gasteiger partial charge on any atom is -0.480 e. The lowest BCUT2D eigenvalue weighted by Crippen LogP contribution is -2.62. The number of rotatable bonds is 3. The molecule has 0 bridgehead atoms. The lowest BCUT2D eigenvalue weighted by atomic mass is 10.1. The number of piperazine rings is 1. The highest BCUT2D eigenvalue weighted by molar-refractivity contribution is 5.87. The van der Waals surface area contributed by atoms with Crippen molar-refractivity contribution in [3.05, 3.63) is 0 Å². The van der Waals surface area contributed by atoms with Crippen molar-refractivity contribution in [3.63, 3.8) is 0 Å². The van der Waals surface area contributed by atoms with Crippen molar-refractivity contribution >= 4 is 17.8 Å². The van der Waals surface area contributed by atoms with Gasteiger partial charge in [0, 0.05) is 13.6 Å². The Hall–Kier alpha value is -1.63. The van der Waals surface area contributed by atoms with Crippen LogP contribution in [0.15, 0.2) is 0 Å². The van der Waals surface area contributed by atoms with E-state index in [0.29, 0.717) is 0 Å². The number of likely N-dealkylation sites (N-methyl/N-ethyl adjacent to an activating group) is 1. The van der Waals surface area contributed by atoms with Crippen molar-refractivity contribution in [2.45, 2.75) is 19.0 Å². The number of carbonyl (C=O) groups is 3. The molecule has 7 heteroatoms. The Kier molecular flexibility index (Phi) is 3.83. The first-order valence-corrected chi connectivity index (χ1v) is 4.94. The third-order valence-corrected chi connectivity index (χ3v) is 2.63. The predicted molar refractivity (Wildman–Crippen MR) is 54.7 cm³/mol. The lowest BCUT2D eigenvalue weighted by molar-refractivity contribution is -0.148. The van der Waals surface area contributed by atoms with E-state index < -0.39 is 18.1 Å². The first-order valence-electron chi connectivity index (χ1n) is 4.94. The van der Waals surface area contributed by atoms with Crippen molar-refractivity contribution in [2.24, 2.45) is 0 Å². The molecule has 1 aliphatic rings. The van der Waals surface area contributed by atoms with E-state index in [-0.39, 0.29) is 24.9 Å². The van der Waals surface area contributed by atoms with E-state index in [2.05, 4.69) is 10.6 Å². The van der Waals surface area contributed by atoms with Crippen LogP contribution in [0.3, 0.4) is 0 Å². The molecule has 1 rings (SSSR count). The molecule has 1 aliphatic heterocycles. The highest BCUT2D eigenvalue weighted by Gasteiger charge is 2.36. The third kappa shape index (κ3) is 2.48. The van der Waals surface area contributed by atoms with Crippen LogP contribution in [0.1, 0.15) is 6.92 Å². The molecule has 3 N–H and O–H groups in total. The summed E-state index contributed by atoms with van der Waals surface area (Å²) < 4.78 is 0. The van der Waals surface area contributed by atoms with Gasteiger partial charge in [-0.2, -0.15) is 0 Å². The number of hydrogen-bond acceptors (Lipinski definition) is 4. The van der Waals surface area contributed by atoms with Gasteiger partial charge in [-0.25, -0.2) is 0 Å². The van der Waals surface area contributed by atoms with Gasteiger partial charge in [0.2, 0.25) is 11.8 Å². The summed E-state index contributed by atoms with van der Waals surface area (Å²) in [6.45, 7) is 1.52. The molecule has 16 heavy (non-hydrogen) atoms. The minimum absolute atomic E-state index is 0.0233. The number of carboxylic acid groups (broad SMARTS) is 1. The molecule has 1 heterocycles. The molecule has 0 radical (unpaired) electrons. The van der Waals surface area contributed by atoms with Gasteiger partial charge in [-0.3, -0.25) is 19.3 Å². The van der Waals surface area contributed by atoms with Crippen LogP contribution in [0, 0.1) is 0 Å². The number of carboxylic acids is 1. The molecule has 0 spiro atoms. The largest absolute Gasteiger partial charge is 0.480 e. The number of amides is 2. The van der Waals surface area contributed by atoms with E-state index in [0.717, 1.165) is 0 Å². The summed E-state index contributed by atoms with van der Waals surface area (Å²) >= 11 is 0. The topological polar surface area (TPSA) is 98.7 Å². The minimum atomic E-state index is -1.05. The van der Waals surface area contributed by atoms with Crippen LogP contribution >= 0.6 is 0 Å². The van der Waals surface area contributed by atoms with Crippen LogP contribution in [-0.4, -0.2) is 60.0 Å². The van der Waals surface area contributed by atoms with E-state index in [9.17, 15) is 14.4 Å². The van der Waals surface area contributed by atoms with Gasteiger partial charge >= 0.3 is 5.97 Å². The summed E-state index contributed by atoms with van der Waals surface area (Å²) in [6, 6.07) is -1.50. The van der Waals surface area contributed by atoms with Crippen LogP contribution in [0.2, 0.25) is 0 Å². The van der Waals surface area contributed by atoms with Crippen LogP contribution in [0.4, 0.5) is 0 Å². The fourth-order valence-corrected chi connectivity index (χ4v) is 1.66. The fourth-order valence-electron chi connectivity index (χ4n) is 1.66. The van der Waals surface area contributed by atoms with Gasteiger partial charge in [-0.1, -0.05) is 0 Å². The third-order valence-electron chi connectivity index (χ3n) is 2.63. The Morgan fingerprint density at radius 1 is 1.62 bits per heavy atom. The zero-order valence-electron chi connectivity index (χ0n) is 9.19. The molecule has 0 aromatic carbocycles. The van der Waals surface area contributed by atoms with E-state index >= 15 is 0 Å². The Labute approximate surface area is 92.8 Å². The lowest BCUT2D eigenvalue weighted by Gasteiger charge is -2.35. The average molecular weight is 229 g/mol. The quantitative estimate of drug-likeness (QED) is 0.520. The molecular formula is C9H15N3O4. The molecule has 1 saturated heterocycles. The Morgan fingerprint density at radius 2 is 2.25 bits per heavy atom. The second kappa shape index (κ2) is 4.93. The van der Waals surface area contributed by atoms with Crippen molar-refractivity contribution < 1.29 is 19.5 Å². The van der Waals surface area contributed by atoms with E-state index in [4.69, 9.17) is 5.11 Å². The normalized spacial score (nSPS) is 23.4. The van der Waals surface area contributed by atoms with Gasteiger partial charge in [0.1, 0.15) is 6.04 Å². The van der Waals surface area contributed by atoms with Crippen molar-refractivity contribution in [3.8, 4) is 0 Å². The van der Waals surface area contributed by atoms with E-state index in [1.165, 1.54) is 11.9 Å². The number of nitrogens with zero attached hydrogens (tertiary/aromatic N) is 1. The first-order chi connectivity index (χ1) is 7.47. The second-order valence-electron chi connectivity index (χ2n) is 3.62. The zero-order chi connectivity index (χ0) is 12.3. The van der Waals surface area contributed by atoms with Gasteiger partial charge < -0.3 is 15.7 Å². The molecule has 1 fully saturated rings. The monoisotopic (exact) mass is 229 g/mol. The van der Waals surface area contributed by atoms with Gasteiger partial charge in [-0.15, -0.1) is 0 Å². The summed E-state index contributed by atoms with van der Waals surface area (Å²) in [6.07, 6.45) is 0. The van der Waals surface area contributed by atoms with Crippen molar-refractivity contribution in [1.82, 2.24) is 15.5 Å². The van der Waals surface area contributed by atoms with Gasteiger partial charge in [-0.05, 0) is 6.92 Å². The summed E-state index contributed by atoms with van der Waals surface area (Å²) in [5, 5.41) is 13.9. The SMILES string of the molecule is CNC(=O)C(C)N1CC(=O)NCC1C(=O)O. The fraction of sp³-hybridized carbons (Fsp3) is 0.667. The van der Waals surface area contributed by atoms with Gasteiger partial charge in [0.15, 0.2) is 0 Å². The second-order valence-corrected chi connectivity index (χ2v) is 3.62. The summed E-state index contributed by atoms with van der Waals surface area (Å²) in [7, 11) is 1.47. The molecule has 0 aliphatic carbocycles. The smallest absolute Gasteiger partial charge is 0.322 e. The van der Waals surface area contributed by atoms with Gasteiger partial charge in [0.25, 0.3) is 0 Å². The molecule has 2 amide bonds. The number of carbonyl (C=O) groups excluding carboxylic acids is 2. The first kappa shape index (κ1) is 12.4. The molecule has 90 valence electrons. The molecule has 0 saturated carbocycles. The molecule has 2 atom stereocenters. The van der Waals surface area contributed by atoms with Crippen LogP contribution < -0.4 is 10.6 Å². The molecule has 7 nitrogen and oxygen atoms in total. The summed E-state index contributed by atoms with van der Waals surface area (Å²) in [5.41, 5.74) is 0. The predicted octanol–water partition coefficient (Wildman–Crippen LogP) is -1.99. The maximum Gasteiger partial charge on any atom is 0.322 e. The van der Waals surface area contributed by atoms with Gasteiger partial charge in [0.05, 0.1) is 12.6 Å². The zero-order valence-corrected chi connectivity index (χ0v) is 9.19. The molecule has 0 aromatic rings. The summed E-state index contributed by atoms with van der Waals surface area (Å²) in [4.78, 5) is 34.9. The van der Waals surface area contributed by atoms with Crippen LogP contribution in [-0.2, 0) is 14.4 Å². The highest BCUT2D eigenvalue weighted by atomic mass is 16.4. The van der Waals surface area contributed by atoms with E-state index in [1.54, 1.807) is 6.92 Å². The molecule has 0 aromatic heterocycles. The number of hydrogen-bond donors (Lipinski definition) is 3. The Balaban J connectivity index is 2.82. The molecular weight excluding hydrogens is 214 g/mol.